The average molecular weight is 318 g/mol. The number of fused-ring (bicyclic) bond motifs is 3. The molecular weight excluding hydrogens is 305 g/mol. The van der Waals surface area contributed by atoms with Crippen LogP contribution in [0, 0.1) is 0 Å². The smallest absolute Gasteiger partial charge is 0.274 e. The molecule has 1 N–H and O–H groups in total. The maximum Gasteiger partial charge on any atom is 0.274 e. The highest BCUT2D eigenvalue weighted by Gasteiger charge is 2.11. The van der Waals surface area contributed by atoms with Crippen LogP contribution in [-0.4, -0.2) is 32.4 Å². The number of methoxy groups -OCH3 is 1. The maximum absolute atomic E-state index is 12.4. The Labute approximate surface area is 137 Å². The van der Waals surface area contributed by atoms with E-state index in [0.29, 0.717) is 17.3 Å². The molecule has 0 radical (unpaired) electrons. The van der Waals surface area contributed by atoms with Gasteiger partial charge in [0.25, 0.3) is 5.91 Å². The van der Waals surface area contributed by atoms with E-state index in [0.717, 1.165) is 11.0 Å². The van der Waals surface area contributed by atoms with E-state index in [1.54, 1.807) is 24.4 Å². The van der Waals surface area contributed by atoms with Gasteiger partial charge < -0.3 is 10.1 Å². The van der Waals surface area contributed by atoms with Crippen molar-refractivity contribution in [2.24, 2.45) is 0 Å². The number of pyridine rings is 1. The van der Waals surface area contributed by atoms with Crippen LogP contribution in [-0.2, 0) is 0 Å². The van der Waals surface area contributed by atoms with Crippen molar-refractivity contribution in [2.45, 2.75) is 0 Å². The first-order chi connectivity index (χ1) is 11.7. The molecule has 1 aromatic carbocycles. The Kier molecular flexibility index (Phi) is 3.31. The fourth-order valence-corrected chi connectivity index (χ4v) is 2.44. The van der Waals surface area contributed by atoms with Gasteiger partial charge in [-0.05, 0) is 24.3 Å². The fraction of sp³-hybridized carbons (Fsp3) is 0.0588. The molecule has 0 saturated carbocycles. The van der Waals surface area contributed by atoms with Gasteiger partial charge in [0.15, 0.2) is 0 Å². The first-order valence-electron chi connectivity index (χ1n) is 7.30. The molecule has 3 aromatic heterocycles. The number of ether oxygens (including phenoxy) is 1. The van der Waals surface area contributed by atoms with Gasteiger partial charge in [0.2, 0.25) is 11.7 Å². The Balaban J connectivity index is 1.65. The summed E-state index contributed by atoms with van der Waals surface area (Å²) in [6.07, 6.45) is 3.32. The van der Waals surface area contributed by atoms with Crippen molar-refractivity contribution in [1.82, 2.24) is 19.4 Å². The largest absolute Gasteiger partial charge is 0.481 e. The van der Waals surface area contributed by atoms with Crippen LogP contribution in [0.25, 0.3) is 16.8 Å². The second kappa shape index (κ2) is 5.62. The molecule has 4 rings (SSSR count). The van der Waals surface area contributed by atoms with Crippen LogP contribution in [0.1, 0.15) is 10.5 Å². The standard InChI is InChI=1S/C17H13N5O2/c1-24-15-7-6-11(10-18-15)19-16(23)13-8-9-22-14-5-3-2-4-12(14)20-17(22)21-13/h2-10H,1H3,(H,19,23)/i1-1. The van der Waals surface area contributed by atoms with Crippen LogP contribution in [0.15, 0.2) is 54.9 Å². The molecule has 0 unspecified atom stereocenters. The van der Waals surface area contributed by atoms with Crippen molar-refractivity contribution in [3.63, 3.8) is 0 Å². The number of carbonyl (C=O) groups excluding carboxylic acids is 1. The minimum atomic E-state index is -0.323. The maximum atomic E-state index is 12.4. The van der Waals surface area contributed by atoms with Crippen LogP contribution in [0.5, 0.6) is 5.88 Å². The molecule has 0 spiro atoms. The minimum absolute atomic E-state index is 0.286. The molecule has 1 amide bonds. The molecule has 0 aliphatic carbocycles. The van der Waals surface area contributed by atoms with Crippen molar-refractivity contribution in [2.75, 3.05) is 12.4 Å². The first kappa shape index (κ1) is 14.1. The molecule has 0 fully saturated rings. The van der Waals surface area contributed by atoms with Gasteiger partial charge in [0, 0.05) is 12.3 Å². The number of para-hydroxylation sites is 2. The molecule has 4 aromatic rings. The van der Waals surface area contributed by atoms with E-state index in [1.165, 1.54) is 13.3 Å². The summed E-state index contributed by atoms with van der Waals surface area (Å²) in [6, 6.07) is 12.8. The number of nitrogens with zero attached hydrogens (tertiary/aromatic N) is 4. The lowest BCUT2D eigenvalue weighted by Gasteiger charge is -2.05. The van der Waals surface area contributed by atoms with E-state index < -0.39 is 0 Å². The van der Waals surface area contributed by atoms with Crippen LogP contribution >= 0.6 is 0 Å². The highest BCUT2D eigenvalue weighted by Crippen LogP contribution is 2.16. The molecule has 0 aliphatic heterocycles. The number of carbonyl (C=O) groups is 1. The summed E-state index contributed by atoms with van der Waals surface area (Å²) >= 11 is 0. The zero-order valence-electron chi connectivity index (χ0n) is 12.8. The van der Waals surface area contributed by atoms with Crippen molar-refractivity contribution in [3.8, 4) is 5.88 Å². The summed E-state index contributed by atoms with van der Waals surface area (Å²) < 4.78 is 6.84. The number of anilines is 1. The third-order valence-electron chi connectivity index (χ3n) is 3.62. The Hall–Kier alpha value is -3.48. The molecule has 24 heavy (non-hydrogen) atoms. The van der Waals surface area contributed by atoms with Crippen LogP contribution in [0.4, 0.5) is 5.69 Å². The minimum Gasteiger partial charge on any atom is -0.481 e. The Morgan fingerprint density at radius 2 is 2.00 bits per heavy atom. The molecule has 0 saturated heterocycles. The number of hydrogen-bond donors (Lipinski definition) is 1. The van der Waals surface area contributed by atoms with Crippen molar-refractivity contribution in [3.05, 3.63) is 60.6 Å². The molecule has 7 nitrogen and oxygen atoms in total. The quantitative estimate of drug-likeness (QED) is 0.628. The third kappa shape index (κ3) is 2.41. The van der Waals surface area contributed by atoms with E-state index in [9.17, 15) is 4.79 Å². The number of benzene rings is 1. The molecule has 0 bridgehead atoms. The third-order valence-corrected chi connectivity index (χ3v) is 3.62. The summed E-state index contributed by atoms with van der Waals surface area (Å²) in [7, 11) is 1.54. The highest BCUT2D eigenvalue weighted by molar-refractivity contribution is 6.03. The van der Waals surface area contributed by atoms with Gasteiger partial charge in [-0.2, -0.15) is 0 Å². The van der Waals surface area contributed by atoms with Crippen molar-refractivity contribution < 1.29 is 9.53 Å². The predicted octanol–water partition coefficient (Wildman–Crippen LogP) is 2.54. The number of nitrogens with one attached hydrogen (secondary N) is 1. The second-order valence-electron chi connectivity index (χ2n) is 5.13. The van der Waals surface area contributed by atoms with E-state index in [-0.39, 0.29) is 11.6 Å². The highest BCUT2D eigenvalue weighted by atomic mass is 16.4. The Morgan fingerprint density at radius 1 is 1.12 bits per heavy atom. The molecule has 0 atom stereocenters. The fourth-order valence-electron chi connectivity index (χ4n) is 2.44. The Morgan fingerprint density at radius 3 is 2.79 bits per heavy atom. The number of rotatable bonds is 3. The van der Waals surface area contributed by atoms with Gasteiger partial charge in [0.1, 0.15) is 5.69 Å². The monoisotopic (exact) mass is 318 g/mol. The normalized spacial score (nSPS) is 10.9. The summed E-state index contributed by atoms with van der Waals surface area (Å²) in [5.74, 6) is 0.643. The topological polar surface area (TPSA) is 81.4 Å². The lowest BCUT2D eigenvalue weighted by Crippen LogP contribution is -2.14. The van der Waals surface area contributed by atoms with Gasteiger partial charge in [0.05, 0.1) is 30.0 Å². The zero-order valence-corrected chi connectivity index (χ0v) is 12.8. The van der Waals surface area contributed by atoms with Gasteiger partial charge in [-0.25, -0.2) is 15.0 Å². The summed E-state index contributed by atoms with van der Waals surface area (Å²) in [6.45, 7) is 0. The number of imidazole rings is 1. The molecule has 118 valence electrons. The predicted molar refractivity (Wildman–Crippen MR) is 89.2 cm³/mol. The summed E-state index contributed by atoms with van der Waals surface area (Å²) in [5, 5.41) is 2.75. The van der Waals surface area contributed by atoms with Crippen LogP contribution < -0.4 is 10.1 Å². The number of amides is 1. The molecular formula is C17H13N5O2. The lowest BCUT2D eigenvalue weighted by molar-refractivity contribution is 0.102. The molecule has 3 heterocycles. The van der Waals surface area contributed by atoms with E-state index in [2.05, 4.69) is 20.3 Å². The average Bonchev–Trinajstić information content (AvgIpc) is 3.00. The van der Waals surface area contributed by atoms with Crippen molar-refractivity contribution >= 4 is 28.4 Å². The molecule has 7 heteroatoms. The van der Waals surface area contributed by atoms with Crippen molar-refractivity contribution in [1.29, 1.82) is 0 Å². The van der Waals surface area contributed by atoms with Gasteiger partial charge in [-0.3, -0.25) is 9.20 Å². The Bertz CT molecular complexity index is 1040. The zero-order chi connectivity index (χ0) is 16.5. The van der Waals surface area contributed by atoms with E-state index >= 15 is 0 Å². The summed E-state index contributed by atoms with van der Waals surface area (Å²) in [4.78, 5) is 25.2. The van der Waals surface area contributed by atoms with Gasteiger partial charge in [-0.1, -0.05) is 12.1 Å². The van der Waals surface area contributed by atoms with Crippen LogP contribution in [0.2, 0.25) is 0 Å². The van der Waals surface area contributed by atoms with Crippen LogP contribution in [0.3, 0.4) is 0 Å². The second-order valence-corrected chi connectivity index (χ2v) is 5.13. The number of hydrogen-bond acceptors (Lipinski definition) is 5. The van der Waals surface area contributed by atoms with Gasteiger partial charge >= 0.3 is 0 Å². The molecule has 0 aliphatic rings. The summed E-state index contributed by atoms with van der Waals surface area (Å²) in [5.41, 5.74) is 2.64. The van der Waals surface area contributed by atoms with E-state index in [1.807, 2.05) is 28.7 Å². The lowest BCUT2D eigenvalue weighted by atomic mass is 10.3. The first-order valence-corrected chi connectivity index (χ1v) is 7.30. The van der Waals surface area contributed by atoms with Gasteiger partial charge in [-0.15, -0.1) is 0 Å². The van der Waals surface area contributed by atoms with E-state index in [4.69, 9.17) is 4.74 Å². The SMILES string of the molecule is [11CH3]Oc1ccc(NC(=O)c2ccn3c(n2)nc2ccccc23)cn1. The number of aromatic nitrogens is 4.